The fraction of sp³-hybridized carbons (Fsp3) is 0.278. The molecule has 24 heavy (non-hydrogen) atoms. The first-order valence-corrected chi connectivity index (χ1v) is 7.54. The van der Waals surface area contributed by atoms with E-state index in [0.29, 0.717) is 5.69 Å². The standard InChI is InChI=1S/C18H19F3N2O/c1-12-9-13(2)11-14(10-12)23-17(24)7-8-22-16-6-4-3-5-15(16)18(19,20)21/h3-6,9-11,22H,7-8H2,1-2H3,(H,23,24). The second-order valence-electron chi connectivity index (χ2n) is 5.64. The third-order valence-corrected chi connectivity index (χ3v) is 3.41. The summed E-state index contributed by atoms with van der Waals surface area (Å²) >= 11 is 0. The third-order valence-electron chi connectivity index (χ3n) is 3.41. The zero-order valence-electron chi connectivity index (χ0n) is 13.5. The van der Waals surface area contributed by atoms with Gasteiger partial charge in [-0.25, -0.2) is 0 Å². The zero-order chi connectivity index (χ0) is 17.7. The van der Waals surface area contributed by atoms with E-state index in [0.717, 1.165) is 17.2 Å². The maximum absolute atomic E-state index is 12.9. The normalized spacial score (nSPS) is 11.2. The van der Waals surface area contributed by atoms with Gasteiger partial charge in [0.1, 0.15) is 0 Å². The molecule has 0 bridgehead atoms. The number of aryl methyl sites for hydroxylation is 2. The van der Waals surface area contributed by atoms with E-state index in [4.69, 9.17) is 0 Å². The average Bonchev–Trinajstić information content (AvgIpc) is 2.45. The number of benzene rings is 2. The van der Waals surface area contributed by atoms with Gasteiger partial charge in [0.2, 0.25) is 5.91 Å². The molecule has 2 N–H and O–H groups in total. The smallest absolute Gasteiger partial charge is 0.384 e. The lowest BCUT2D eigenvalue weighted by Gasteiger charge is -2.14. The lowest BCUT2D eigenvalue weighted by atomic mass is 10.1. The molecule has 0 fully saturated rings. The quantitative estimate of drug-likeness (QED) is 0.826. The minimum atomic E-state index is -4.43. The molecule has 2 aromatic rings. The first kappa shape index (κ1) is 17.8. The van der Waals surface area contributed by atoms with Crippen molar-refractivity contribution in [3.8, 4) is 0 Å². The highest BCUT2D eigenvalue weighted by molar-refractivity contribution is 5.91. The number of anilines is 2. The van der Waals surface area contributed by atoms with Crippen LogP contribution in [0.3, 0.4) is 0 Å². The molecular formula is C18H19F3N2O. The van der Waals surface area contributed by atoms with E-state index in [2.05, 4.69) is 10.6 Å². The van der Waals surface area contributed by atoms with Crippen LogP contribution in [0.25, 0.3) is 0 Å². The molecule has 0 radical (unpaired) electrons. The van der Waals surface area contributed by atoms with E-state index in [1.807, 2.05) is 32.0 Å². The summed E-state index contributed by atoms with van der Waals surface area (Å²) in [5.41, 5.74) is 1.99. The summed E-state index contributed by atoms with van der Waals surface area (Å²) in [4.78, 5) is 11.9. The van der Waals surface area contributed by atoms with Crippen molar-refractivity contribution in [3.05, 3.63) is 59.2 Å². The van der Waals surface area contributed by atoms with Crippen LogP contribution in [-0.4, -0.2) is 12.5 Å². The van der Waals surface area contributed by atoms with Crippen molar-refractivity contribution in [1.82, 2.24) is 0 Å². The van der Waals surface area contributed by atoms with Gasteiger partial charge < -0.3 is 10.6 Å². The van der Waals surface area contributed by atoms with Crippen LogP contribution in [0.4, 0.5) is 24.5 Å². The predicted molar refractivity (Wildman–Crippen MR) is 89.1 cm³/mol. The fourth-order valence-corrected chi connectivity index (χ4v) is 2.47. The summed E-state index contributed by atoms with van der Waals surface area (Å²) in [5.74, 6) is -0.253. The molecule has 128 valence electrons. The summed E-state index contributed by atoms with van der Waals surface area (Å²) in [6.07, 6.45) is -4.36. The number of alkyl halides is 3. The maximum atomic E-state index is 12.9. The lowest BCUT2D eigenvalue weighted by Crippen LogP contribution is -2.18. The average molecular weight is 336 g/mol. The van der Waals surface area contributed by atoms with Gasteiger partial charge in [-0.2, -0.15) is 13.2 Å². The van der Waals surface area contributed by atoms with Crippen molar-refractivity contribution in [3.63, 3.8) is 0 Å². The van der Waals surface area contributed by atoms with Gasteiger partial charge in [0.15, 0.2) is 0 Å². The summed E-state index contributed by atoms with van der Waals surface area (Å²) in [7, 11) is 0. The Labute approximate surface area is 138 Å². The van der Waals surface area contributed by atoms with Crippen LogP contribution >= 0.6 is 0 Å². The third kappa shape index (κ3) is 5.01. The number of carbonyl (C=O) groups is 1. The first-order valence-electron chi connectivity index (χ1n) is 7.54. The van der Waals surface area contributed by atoms with E-state index >= 15 is 0 Å². The Morgan fingerprint density at radius 1 is 1.04 bits per heavy atom. The number of amides is 1. The number of hydrogen-bond donors (Lipinski definition) is 2. The Balaban J connectivity index is 1.92. The zero-order valence-corrected chi connectivity index (χ0v) is 13.5. The second kappa shape index (κ2) is 7.38. The molecule has 0 aliphatic carbocycles. The second-order valence-corrected chi connectivity index (χ2v) is 5.64. The van der Waals surface area contributed by atoms with Gasteiger partial charge in [-0.15, -0.1) is 0 Å². The van der Waals surface area contributed by atoms with Crippen molar-refractivity contribution >= 4 is 17.3 Å². The van der Waals surface area contributed by atoms with E-state index in [-0.39, 0.29) is 24.6 Å². The number of rotatable bonds is 5. The first-order chi connectivity index (χ1) is 11.3. The van der Waals surface area contributed by atoms with Crippen LogP contribution in [0.2, 0.25) is 0 Å². The van der Waals surface area contributed by atoms with Crippen LogP contribution in [0.5, 0.6) is 0 Å². The number of halogens is 3. The molecule has 1 amide bonds. The Kier molecular flexibility index (Phi) is 5.49. The predicted octanol–water partition coefficient (Wildman–Crippen LogP) is 4.76. The molecule has 0 saturated carbocycles. The highest BCUT2D eigenvalue weighted by atomic mass is 19.4. The molecule has 3 nitrogen and oxygen atoms in total. The molecule has 0 unspecified atom stereocenters. The van der Waals surface area contributed by atoms with Gasteiger partial charge >= 0.3 is 6.18 Å². The van der Waals surface area contributed by atoms with Crippen molar-refractivity contribution in [2.75, 3.05) is 17.2 Å². The van der Waals surface area contributed by atoms with Crippen molar-refractivity contribution < 1.29 is 18.0 Å². The van der Waals surface area contributed by atoms with Crippen molar-refractivity contribution in [1.29, 1.82) is 0 Å². The van der Waals surface area contributed by atoms with Crippen molar-refractivity contribution in [2.45, 2.75) is 26.4 Å². The summed E-state index contributed by atoms with van der Waals surface area (Å²) < 4.78 is 38.6. The Morgan fingerprint density at radius 3 is 2.29 bits per heavy atom. The van der Waals surface area contributed by atoms with Crippen LogP contribution in [-0.2, 0) is 11.0 Å². The highest BCUT2D eigenvalue weighted by Crippen LogP contribution is 2.34. The Hall–Kier alpha value is -2.50. The summed E-state index contributed by atoms with van der Waals surface area (Å²) in [6.45, 7) is 3.97. The number of nitrogens with one attached hydrogen (secondary N) is 2. The van der Waals surface area contributed by atoms with E-state index in [1.165, 1.54) is 18.2 Å². The lowest BCUT2D eigenvalue weighted by molar-refractivity contribution is -0.137. The molecule has 0 heterocycles. The van der Waals surface area contributed by atoms with Crippen molar-refractivity contribution in [2.24, 2.45) is 0 Å². The number of carbonyl (C=O) groups excluding carboxylic acids is 1. The summed E-state index contributed by atoms with van der Waals surface area (Å²) in [5, 5.41) is 5.43. The Morgan fingerprint density at radius 2 is 1.67 bits per heavy atom. The van der Waals surface area contributed by atoms with E-state index in [1.54, 1.807) is 0 Å². The molecule has 6 heteroatoms. The molecule has 0 aliphatic heterocycles. The van der Waals surface area contributed by atoms with Gasteiger partial charge in [-0.3, -0.25) is 4.79 Å². The van der Waals surface area contributed by atoms with Gasteiger partial charge in [0.25, 0.3) is 0 Å². The van der Waals surface area contributed by atoms with E-state index in [9.17, 15) is 18.0 Å². The summed E-state index contributed by atoms with van der Waals surface area (Å²) in [6, 6.07) is 10.9. The molecule has 0 saturated heterocycles. The van der Waals surface area contributed by atoms with Gasteiger partial charge in [0, 0.05) is 24.3 Å². The number of hydrogen-bond acceptors (Lipinski definition) is 2. The molecule has 0 spiro atoms. The molecule has 2 aromatic carbocycles. The minimum Gasteiger partial charge on any atom is -0.384 e. The fourth-order valence-electron chi connectivity index (χ4n) is 2.47. The monoisotopic (exact) mass is 336 g/mol. The topological polar surface area (TPSA) is 41.1 Å². The molecule has 0 aromatic heterocycles. The largest absolute Gasteiger partial charge is 0.418 e. The molecular weight excluding hydrogens is 317 g/mol. The number of para-hydroxylation sites is 1. The van der Waals surface area contributed by atoms with E-state index < -0.39 is 11.7 Å². The molecule has 0 aliphatic rings. The van der Waals surface area contributed by atoms with Crippen LogP contribution in [0, 0.1) is 13.8 Å². The highest BCUT2D eigenvalue weighted by Gasteiger charge is 2.32. The van der Waals surface area contributed by atoms with Gasteiger partial charge in [0.05, 0.1) is 5.56 Å². The van der Waals surface area contributed by atoms with Crippen LogP contribution in [0.15, 0.2) is 42.5 Å². The van der Waals surface area contributed by atoms with Crippen LogP contribution in [0.1, 0.15) is 23.1 Å². The van der Waals surface area contributed by atoms with Gasteiger partial charge in [-0.1, -0.05) is 18.2 Å². The van der Waals surface area contributed by atoms with Gasteiger partial charge in [-0.05, 0) is 49.2 Å². The SMILES string of the molecule is Cc1cc(C)cc(NC(=O)CCNc2ccccc2C(F)(F)F)c1. The molecule has 0 atom stereocenters. The minimum absolute atomic E-state index is 0.0239. The van der Waals surface area contributed by atoms with Crippen LogP contribution < -0.4 is 10.6 Å². The molecule has 2 rings (SSSR count). The maximum Gasteiger partial charge on any atom is 0.418 e. The Bertz CT molecular complexity index is 706.